The van der Waals surface area contributed by atoms with Crippen LogP contribution in [-0.4, -0.2) is 42.7 Å². The molecule has 1 rings (SSSR count). The number of hydrogen-bond donors (Lipinski definition) is 1. The van der Waals surface area contributed by atoms with Gasteiger partial charge in [-0.05, 0) is 20.3 Å². The van der Waals surface area contributed by atoms with Gasteiger partial charge in [-0.1, -0.05) is 13.3 Å². The van der Waals surface area contributed by atoms with Crippen LogP contribution in [0.4, 0.5) is 0 Å². The normalized spacial score (nSPS) is 11.2. The zero-order valence-electron chi connectivity index (χ0n) is 12.4. The second-order valence-corrected chi connectivity index (χ2v) is 4.81. The highest BCUT2D eigenvalue weighted by molar-refractivity contribution is 5.11. The molecular weight excluding hydrogens is 242 g/mol. The number of rotatable bonds is 11. The van der Waals surface area contributed by atoms with Crippen LogP contribution >= 0.6 is 0 Å². The molecule has 0 radical (unpaired) electrons. The molecule has 5 nitrogen and oxygen atoms in total. The smallest absolute Gasteiger partial charge is 0.157 e. The number of nitrogens with zero attached hydrogens (tertiary/aromatic N) is 2. The van der Waals surface area contributed by atoms with Crippen molar-refractivity contribution < 1.29 is 9.47 Å². The summed E-state index contributed by atoms with van der Waals surface area (Å²) in [7, 11) is 0. The van der Waals surface area contributed by atoms with Crippen LogP contribution < -0.4 is 10.1 Å². The lowest BCUT2D eigenvalue weighted by Gasteiger charge is -2.07. The standard InChI is InChI=1S/C14H27N3O2/c1-4-5-8-18-9-6-15-7-10-19-14-11-16-17(12-14)13(2)3/h11-13,15H,4-10H2,1-3H3. The Morgan fingerprint density at radius 1 is 1.26 bits per heavy atom. The molecular formula is C14H27N3O2. The quantitative estimate of drug-likeness (QED) is 0.626. The third kappa shape index (κ3) is 7.18. The van der Waals surface area contributed by atoms with Crippen LogP contribution in [0.2, 0.25) is 0 Å². The van der Waals surface area contributed by atoms with Crippen molar-refractivity contribution in [2.24, 2.45) is 0 Å². The Hall–Kier alpha value is -1.07. The zero-order chi connectivity index (χ0) is 13.9. The maximum Gasteiger partial charge on any atom is 0.157 e. The van der Waals surface area contributed by atoms with Gasteiger partial charge in [0.2, 0.25) is 0 Å². The van der Waals surface area contributed by atoms with Crippen molar-refractivity contribution in [2.45, 2.75) is 39.7 Å². The second kappa shape index (κ2) is 9.81. The molecule has 110 valence electrons. The lowest BCUT2D eigenvalue weighted by molar-refractivity contribution is 0.132. The number of ether oxygens (including phenoxy) is 2. The van der Waals surface area contributed by atoms with Crippen molar-refractivity contribution in [2.75, 3.05) is 32.9 Å². The molecule has 1 heterocycles. The Morgan fingerprint density at radius 2 is 2.05 bits per heavy atom. The van der Waals surface area contributed by atoms with Crippen LogP contribution in [0.5, 0.6) is 5.75 Å². The highest BCUT2D eigenvalue weighted by Crippen LogP contribution is 2.11. The Labute approximate surface area is 116 Å². The average molecular weight is 269 g/mol. The Balaban J connectivity index is 1.95. The van der Waals surface area contributed by atoms with Crippen LogP contribution in [-0.2, 0) is 4.74 Å². The van der Waals surface area contributed by atoms with Gasteiger partial charge in [0.1, 0.15) is 6.61 Å². The van der Waals surface area contributed by atoms with Gasteiger partial charge in [-0.15, -0.1) is 0 Å². The van der Waals surface area contributed by atoms with Gasteiger partial charge in [0.25, 0.3) is 0 Å². The molecule has 0 saturated heterocycles. The first-order valence-electron chi connectivity index (χ1n) is 7.19. The first-order valence-corrected chi connectivity index (χ1v) is 7.19. The largest absolute Gasteiger partial charge is 0.489 e. The summed E-state index contributed by atoms with van der Waals surface area (Å²) in [5.74, 6) is 0.828. The molecule has 0 aliphatic carbocycles. The fraction of sp³-hybridized carbons (Fsp3) is 0.786. The first-order chi connectivity index (χ1) is 9.24. The van der Waals surface area contributed by atoms with Gasteiger partial charge in [0.05, 0.1) is 19.0 Å². The molecule has 0 unspecified atom stereocenters. The zero-order valence-corrected chi connectivity index (χ0v) is 12.4. The van der Waals surface area contributed by atoms with Gasteiger partial charge in [0, 0.05) is 25.7 Å². The molecule has 0 aliphatic heterocycles. The third-order valence-electron chi connectivity index (χ3n) is 2.72. The molecule has 0 atom stereocenters. The van der Waals surface area contributed by atoms with E-state index in [-0.39, 0.29) is 0 Å². The summed E-state index contributed by atoms with van der Waals surface area (Å²) >= 11 is 0. The second-order valence-electron chi connectivity index (χ2n) is 4.81. The van der Waals surface area contributed by atoms with E-state index in [1.165, 1.54) is 6.42 Å². The van der Waals surface area contributed by atoms with Crippen molar-refractivity contribution >= 4 is 0 Å². The maximum absolute atomic E-state index is 5.60. The maximum atomic E-state index is 5.60. The summed E-state index contributed by atoms with van der Waals surface area (Å²) in [6.07, 6.45) is 6.01. The summed E-state index contributed by atoms with van der Waals surface area (Å²) in [5.41, 5.74) is 0. The number of nitrogens with one attached hydrogen (secondary N) is 1. The van der Waals surface area contributed by atoms with Crippen LogP contribution in [0, 0.1) is 0 Å². The van der Waals surface area contributed by atoms with Gasteiger partial charge >= 0.3 is 0 Å². The van der Waals surface area contributed by atoms with E-state index >= 15 is 0 Å². The van der Waals surface area contributed by atoms with E-state index in [4.69, 9.17) is 9.47 Å². The van der Waals surface area contributed by atoms with E-state index < -0.39 is 0 Å². The van der Waals surface area contributed by atoms with Crippen molar-refractivity contribution in [3.8, 4) is 5.75 Å². The predicted octanol–water partition coefficient (Wildman–Crippen LogP) is 2.25. The predicted molar refractivity (Wildman–Crippen MR) is 76.7 cm³/mol. The molecule has 0 spiro atoms. The Morgan fingerprint density at radius 3 is 2.74 bits per heavy atom. The molecule has 0 aromatic carbocycles. The van der Waals surface area contributed by atoms with Gasteiger partial charge < -0.3 is 14.8 Å². The number of hydrogen-bond acceptors (Lipinski definition) is 4. The van der Waals surface area contributed by atoms with Crippen molar-refractivity contribution in [1.82, 2.24) is 15.1 Å². The Bertz CT molecular complexity index is 326. The van der Waals surface area contributed by atoms with E-state index in [1.54, 1.807) is 6.20 Å². The molecule has 0 aliphatic rings. The minimum absolute atomic E-state index is 0.371. The summed E-state index contributed by atoms with van der Waals surface area (Å²) in [4.78, 5) is 0. The number of unbranched alkanes of at least 4 members (excludes halogenated alkanes) is 1. The highest BCUT2D eigenvalue weighted by atomic mass is 16.5. The number of aromatic nitrogens is 2. The lowest BCUT2D eigenvalue weighted by atomic mass is 10.4. The minimum Gasteiger partial charge on any atom is -0.489 e. The molecule has 1 N–H and O–H groups in total. The summed E-state index contributed by atoms with van der Waals surface area (Å²) < 4.78 is 12.9. The molecule has 1 aromatic heterocycles. The van der Waals surface area contributed by atoms with E-state index in [9.17, 15) is 0 Å². The Kier molecular flexibility index (Phi) is 8.25. The fourth-order valence-corrected chi connectivity index (χ4v) is 1.54. The lowest BCUT2D eigenvalue weighted by Crippen LogP contribution is -2.25. The minimum atomic E-state index is 0.371. The van der Waals surface area contributed by atoms with Gasteiger partial charge in [-0.2, -0.15) is 5.10 Å². The van der Waals surface area contributed by atoms with Crippen molar-refractivity contribution in [3.63, 3.8) is 0 Å². The van der Waals surface area contributed by atoms with Crippen molar-refractivity contribution in [3.05, 3.63) is 12.4 Å². The average Bonchev–Trinajstić information content (AvgIpc) is 2.86. The van der Waals surface area contributed by atoms with Gasteiger partial charge in [0.15, 0.2) is 5.75 Å². The van der Waals surface area contributed by atoms with Crippen LogP contribution in [0.3, 0.4) is 0 Å². The van der Waals surface area contributed by atoms with E-state index in [2.05, 4.69) is 31.2 Å². The first kappa shape index (κ1) is 16.0. The SMILES string of the molecule is CCCCOCCNCCOc1cnn(C(C)C)c1. The van der Waals surface area contributed by atoms with Crippen LogP contribution in [0.25, 0.3) is 0 Å². The molecule has 0 bridgehead atoms. The van der Waals surface area contributed by atoms with Crippen LogP contribution in [0.15, 0.2) is 12.4 Å². The molecule has 5 heteroatoms. The monoisotopic (exact) mass is 269 g/mol. The molecule has 0 saturated carbocycles. The van der Waals surface area contributed by atoms with E-state index in [0.29, 0.717) is 12.6 Å². The molecule has 19 heavy (non-hydrogen) atoms. The van der Waals surface area contributed by atoms with Gasteiger partial charge in [-0.3, -0.25) is 4.68 Å². The van der Waals surface area contributed by atoms with Crippen molar-refractivity contribution in [1.29, 1.82) is 0 Å². The van der Waals surface area contributed by atoms with Crippen LogP contribution in [0.1, 0.15) is 39.7 Å². The highest BCUT2D eigenvalue weighted by Gasteiger charge is 2.01. The molecule has 1 aromatic rings. The molecule has 0 fully saturated rings. The summed E-state index contributed by atoms with van der Waals surface area (Å²) in [5, 5.41) is 7.51. The van der Waals surface area contributed by atoms with E-state index in [0.717, 1.165) is 38.5 Å². The third-order valence-corrected chi connectivity index (χ3v) is 2.72. The van der Waals surface area contributed by atoms with E-state index in [1.807, 2.05) is 10.9 Å². The summed E-state index contributed by atoms with van der Waals surface area (Å²) in [6, 6.07) is 0.371. The summed E-state index contributed by atoms with van der Waals surface area (Å²) in [6.45, 7) is 10.3. The topological polar surface area (TPSA) is 48.3 Å². The van der Waals surface area contributed by atoms with Gasteiger partial charge in [-0.25, -0.2) is 0 Å². The molecule has 0 amide bonds. The fourth-order valence-electron chi connectivity index (χ4n) is 1.54.